The van der Waals surface area contributed by atoms with Gasteiger partial charge in [0, 0.05) is 45.0 Å². The predicted octanol–water partition coefficient (Wildman–Crippen LogP) is 0.541. The first-order valence-corrected chi connectivity index (χ1v) is 13.0. The summed E-state index contributed by atoms with van der Waals surface area (Å²) in [5, 5.41) is 18.2. The third kappa shape index (κ3) is 4.46. The number of carbonyl (C=O) groups is 1. The van der Waals surface area contributed by atoms with E-state index in [9.17, 15) is 18.5 Å². The van der Waals surface area contributed by atoms with Crippen molar-refractivity contribution in [1.29, 1.82) is 5.26 Å². The first-order chi connectivity index (χ1) is 15.8. The van der Waals surface area contributed by atoms with E-state index in [1.165, 1.54) is 14.1 Å². The topological polar surface area (TPSA) is 144 Å². The molecule has 1 aliphatic carbocycles. The Morgan fingerprint density at radius 3 is 2.70 bits per heavy atom. The van der Waals surface area contributed by atoms with E-state index in [2.05, 4.69) is 27.1 Å². The maximum Gasteiger partial charge on any atom is 0.242 e. The van der Waals surface area contributed by atoms with Crippen molar-refractivity contribution in [3.05, 3.63) is 23.8 Å². The van der Waals surface area contributed by atoms with Gasteiger partial charge in [-0.3, -0.25) is 4.79 Å². The molecule has 5 N–H and O–H groups in total. The van der Waals surface area contributed by atoms with Crippen molar-refractivity contribution in [2.24, 2.45) is 17.6 Å². The van der Waals surface area contributed by atoms with E-state index >= 15 is 0 Å². The Bertz CT molecular complexity index is 1040. The van der Waals surface area contributed by atoms with Crippen molar-refractivity contribution in [3.8, 4) is 6.07 Å². The summed E-state index contributed by atoms with van der Waals surface area (Å²) in [6.07, 6.45) is 4.37. The monoisotopic (exact) mass is 475 g/mol. The first kappa shape index (κ1) is 23.9. The molecule has 1 aromatic rings. The molecule has 2 saturated heterocycles. The van der Waals surface area contributed by atoms with Crippen LogP contribution in [0, 0.1) is 23.2 Å². The van der Waals surface area contributed by atoms with Crippen molar-refractivity contribution in [3.63, 3.8) is 0 Å². The molecule has 3 aliphatic rings. The lowest BCUT2D eigenvalue weighted by Crippen LogP contribution is -2.54. The molecule has 3 fully saturated rings. The molecule has 4 rings (SSSR count). The number of hydrogen-bond donors (Lipinski definition) is 4. The molecule has 33 heavy (non-hydrogen) atoms. The minimum absolute atomic E-state index is 0.00225. The number of benzene rings is 1. The van der Waals surface area contributed by atoms with E-state index < -0.39 is 10.0 Å². The summed E-state index contributed by atoms with van der Waals surface area (Å²) in [4.78, 5) is 13.0. The van der Waals surface area contributed by atoms with Gasteiger partial charge in [0.05, 0.1) is 22.8 Å². The van der Waals surface area contributed by atoms with Gasteiger partial charge in [-0.25, -0.2) is 23.2 Å². The van der Waals surface area contributed by atoms with Crippen LogP contribution in [0.2, 0.25) is 0 Å². The van der Waals surface area contributed by atoms with E-state index in [0.29, 0.717) is 17.8 Å². The number of amides is 1. The summed E-state index contributed by atoms with van der Waals surface area (Å²) in [5.74, 6) is -0.407. The number of fused-ring (bicyclic) bond motifs is 1. The summed E-state index contributed by atoms with van der Waals surface area (Å²) in [7, 11) is -0.644. The Labute approximate surface area is 195 Å². The Morgan fingerprint density at radius 2 is 2.00 bits per heavy atom. The highest BCUT2D eigenvalue weighted by molar-refractivity contribution is 7.89. The normalized spacial score (nSPS) is 30.5. The van der Waals surface area contributed by atoms with Crippen LogP contribution < -0.4 is 21.8 Å². The van der Waals surface area contributed by atoms with Gasteiger partial charge in [0.15, 0.2) is 0 Å². The first-order valence-electron chi connectivity index (χ1n) is 11.5. The van der Waals surface area contributed by atoms with Gasteiger partial charge in [-0.05, 0) is 43.0 Å². The van der Waals surface area contributed by atoms with E-state index in [1.54, 1.807) is 18.2 Å². The molecule has 0 spiro atoms. The molecule has 1 amide bonds. The van der Waals surface area contributed by atoms with Crippen LogP contribution in [-0.2, 0) is 21.4 Å². The number of sulfonamides is 1. The summed E-state index contributed by atoms with van der Waals surface area (Å²) in [6.45, 7) is 0.684. The molecule has 180 valence electrons. The van der Waals surface area contributed by atoms with Crippen LogP contribution in [0.5, 0.6) is 0 Å². The van der Waals surface area contributed by atoms with Gasteiger partial charge in [0.25, 0.3) is 0 Å². The van der Waals surface area contributed by atoms with Gasteiger partial charge in [-0.2, -0.15) is 5.26 Å². The summed E-state index contributed by atoms with van der Waals surface area (Å²) < 4.78 is 26.4. The fraction of sp³-hybridized carbons (Fsp3) is 0.636. The van der Waals surface area contributed by atoms with Crippen molar-refractivity contribution < 1.29 is 13.2 Å². The number of nitrogens with one attached hydrogen (secondary N) is 3. The van der Waals surface area contributed by atoms with Crippen LogP contribution in [0.4, 0.5) is 5.69 Å². The molecule has 5 atom stereocenters. The number of carbonyl (C=O) groups excluding carboxylic acids is 1. The number of hydrogen-bond acceptors (Lipinski definition) is 8. The second-order valence-corrected chi connectivity index (χ2v) is 11.4. The molecule has 2 aliphatic heterocycles. The third-order valence-electron chi connectivity index (χ3n) is 7.07. The zero-order valence-corrected chi connectivity index (χ0v) is 19.9. The number of nitrogens with zero attached hydrogens (tertiary/aromatic N) is 3. The average molecular weight is 476 g/mol. The van der Waals surface area contributed by atoms with Crippen LogP contribution >= 0.6 is 0 Å². The number of nitrogens with two attached hydrogens (primary N) is 1. The Balaban J connectivity index is 1.61. The second kappa shape index (κ2) is 9.56. The fourth-order valence-electron chi connectivity index (χ4n) is 5.35. The van der Waals surface area contributed by atoms with Crippen molar-refractivity contribution >= 4 is 21.6 Å². The molecule has 2 heterocycles. The third-order valence-corrected chi connectivity index (χ3v) is 8.99. The molecule has 10 nitrogen and oxygen atoms in total. The highest BCUT2D eigenvalue weighted by atomic mass is 32.2. The van der Waals surface area contributed by atoms with E-state index in [0.717, 1.165) is 36.4 Å². The van der Waals surface area contributed by atoms with Gasteiger partial charge in [0.1, 0.15) is 6.17 Å². The lowest BCUT2D eigenvalue weighted by atomic mass is 9.83. The highest BCUT2D eigenvalue weighted by Crippen LogP contribution is 2.36. The predicted molar refractivity (Wildman–Crippen MR) is 124 cm³/mol. The number of rotatable bonds is 6. The largest absolute Gasteiger partial charge is 0.368 e. The quantitative estimate of drug-likeness (QED) is 0.467. The number of anilines is 1. The van der Waals surface area contributed by atoms with E-state index in [-0.39, 0.29) is 47.4 Å². The minimum atomic E-state index is -3.62. The summed E-state index contributed by atoms with van der Waals surface area (Å²) >= 11 is 0. The Morgan fingerprint density at radius 1 is 1.24 bits per heavy atom. The summed E-state index contributed by atoms with van der Waals surface area (Å²) in [5.41, 5.74) is 10.6. The number of hydrazine groups is 1. The molecule has 11 heteroatoms. The molecule has 0 aromatic heterocycles. The number of piperidine rings is 1. The Kier molecular flexibility index (Phi) is 6.93. The molecule has 0 bridgehead atoms. The zero-order chi connectivity index (χ0) is 23.8. The average Bonchev–Trinajstić information content (AvgIpc) is 3.18. The minimum Gasteiger partial charge on any atom is -0.368 e. The maximum atomic E-state index is 12.9. The van der Waals surface area contributed by atoms with Crippen molar-refractivity contribution in [2.75, 3.05) is 26.0 Å². The maximum absolute atomic E-state index is 12.9. The van der Waals surface area contributed by atoms with Gasteiger partial charge in [0.2, 0.25) is 15.9 Å². The SMILES string of the molecule is CN(C)S(=O)(=O)c1ccc(NC2NN([C@H]3CCCC[C@@H]3C#N)C3CCNC(=O)C23)cc1CN. The van der Waals surface area contributed by atoms with Gasteiger partial charge in [-0.1, -0.05) is 12.8 Å². The van der Waals surface area contributed by atoms with Crippen LogP contribution in [0.15, 0.2) is 23.1 Å². The van der Waals surface area contributed by atoms with Gasteiger partial charge < -0.3 is 16.4 Å². The second-order valence-electron chi connectivity index (χ2n) is 9.23. The molecular weight excluding hydrogens is 442 g/mol. The van der Waals surface area contributed by atoms with E-state index in [4.69, 9.17) is 5.73 Å². The number of nitriles is 1. The smallest absolute Gasteiger partial charge is 0.242 e. The summed E-state index contributed by atoms with van der Waals surface area (Å²) in [6, 6.07) is 7.52. The molecule has 1 saturated carbocycles. The standard InChI is InChI=1S/C22H33N7O3S/c1-28(2)33(31,32)19-8-7-16(11-15(19)13-24)26-21-20-18(9-10-25-22(20)30)29(27-21)17-6-4-3-5-14(17)12-23/h7-8,11,14,17-18,20-21,26-27H,3-6,9-10,13,24H2,1-2H3,(H,25,30)/t14-,17+,18?,20?,21?/m1/s1. The van der Waals surface area contributed by atoms with Gasteiger partial charge in [-0.15, -0.1) is 0 Å². The molecule has 3 unspecified atom stereocenters. The Hall–Kier alpha value is -2.23. The fourth-order valence-corrected chi connectivity index (χ4v) is 6.46. The van der Waals surface area contributed by atoms with Crippen LogP contribution in [0.25, 0.3) is 0 Å². The van der Waals surface area contributed by atoms with Crippen LogP contribution in [0.1, 0.15) is 37.7 Å². The van der Waals surface area contributed by atoms with Crippen molar-refractivity contribution in [1.82, 2.24) is 20.1 Å². The van der Waals surface area contributed by atoms with Crippen LogP contribution in [-0.4, -0.2) is 62.5 Å². The molecular formula is C22H33N7O3S. The van der Waals surface area contributed by atoms with Crippen molar-refractivity contribution in [2.45, 2.75) is 61.8 Å². The molecule has 1 aromatic carbocycles. The van der Waals surface area contributed by atoms with E-state index in [1.807, 2.05) is 0 Å². The highest BCUT2D eigenvalue weighted by Gasteiger charge is 2.51. The lowest BCUT2D eigenvalue weighted by molar-refractivity contribution is -0.128. The lowest BCUT2D eigenvalue weighted by Gasteiger charge is -2.39. The van der Waals surface area contributed by atoms with Crippen LogP contribution in [0.3, 0.4) is 0 Å². The zero-order valence-electron chi connectivity index (χ0n) is 19.1. The molecule has 0 radical (unpaired) electrons. The van der Waals surface area contributed by atoms with Gasteiger partial charge >= 0.3 is 0 Å².